The van der Waals surface area contributed by atoms with Gasteiger partial charge in [0.2, 0.25) is 0 Å². The molecule has 0 unspecified atom stereocenters. The molecule has 1 aromatic rings. The summed E-state index contributed by atoms with van der Waals surface area (Å²) in [4.78, 5) is 11.2. The van der Waals surface area contributed by atoms with E-state index in [9.17, 15) is 10.1 Å². The van der Waals surface area contributed by atoms with Crippen molar-refractivity contribution in [2.75, 3.05) is 13.1 Å². The first-order valence-electron chi connectivity index (χ1n) is 5.43. The molecule has 1 aliphatic heterocycles. The molecule has 0 radical (unpaired) electrons. The van der Waals surface area contributed by atoms with Crippen molar-refractivity contribution in [3.8, 4) is 0 Å². The van der Waals surface area contributed by atoms with Crippen LogP contribution < -0.4 is 0 Å². The quantitative estimate of drug-likeness (QED) is 0.481. The number of nitrogens with zero attached hydrogens (tertiary/aromatic N) is 2. The fraction of sp³-hybridized carbons (Fsp3) is 0.455. The van der Waals surface area contributed by atoms with Crippen molar-refractivity contribution in [1.29, 1.82) is 0 Å². The van der Waals surface area contributed by atoms with Gasteiger partial charge in [0.15, 0.2) is 0 Å². The second-order valence-corrected chi connectivity index (χ2v) is 5.00. The maximum atomic E-state index is 10.5. The number of rotatable bonds is 3. The first-order chi connectivity index (χ1) is 7.75. The summed E-state index contributed by atoms with van der Waals surface area (Å²) in [7, 11) is 0. The molecule has 0 bridgehead atoms. The Hall–Kier alpha value is -0.780. The van der Waals surface area contributed by atoms with E-state index in [1.165, 1.54) is 19.3 Å². The number of nitro benzene ring substituents is 1. The second-order valence-electron chi connectivity index (χ2n) is 3.83. The lowest BCUT2D eigenvalue weighted by Gasteiger charge is -2.24. The third-order valence-corrected chi connectivity index (χ3v) is 3.70. The van der Waals surface area contributed by atoms with Crippen LogP contribution >= 0.6 is 24.4 Å². The lowest BCUT2D eigenvalue weighted by atomic mass is 10.2. The minimum Gasteiger partial charge on any atom is -0.258 e. The summed E-state index contributed by atoms with van der Waals surface area (Å²) in [6, 6.07) is 6.76. The standard InChI is InChI=1S/C11H14N2O2S.ClH/c14-13(15)10-4-6-11(7-5-10)16-12-8-2-1-3-9-12;/h4-7H,1-3,8-9H2;1H. The molecule has 94 valence electrons. The van der Waals surface area contributed by atoms with Gasteiger partial charge in [0.1, 0.15) is 0 Å². The number of piperidine rings is 1. The van der Waals surface area contributed by atoms with Crippen LogP contribution in [0.1, 0.15) is 19.3 Å². The summed E-state index contributed by atoms with van der Waals surface area (Å²) in [5, 5.41) is 10.5. The van der Waals surface area contributed by atoms with Crippen LogP contribution in [-0.4, -0.2) is 22.3 Å². The van der Waals surface area contributed by atoms with Gasteiger partial charge in [-0.3, -0.25) is 10.1 Å². The maximum Gasteiger partial charge on any atom is 0.269 e. The summed E-state index contributed by atoms with van der Waals surface area (Å²) in [6.07, 6.45) is 3.82. The zero-order chi connectivity index (χ0) is 11.4. The topological polar surface area (TPSA) is 46.4 Å². The lowest BCUT2D eigenvalue weighted by Crippen LogP contribution is -2.22. The Labute approximate surface area is 111 Å². The van der Waals surface area contributed by atoms with E-state index >= 15 is 0 Å². The third kappa shape index (κ3) is 4.18. The molecule has 1 aliphatic rings. The van der Waals surface area contributed by atoms with Crippen molar-refractivity contribution in [2.24, 2.45) is 0 Å². The molecule has 1 fully saturated rings. The molecule has 0 atom stereocenters. The van der Waals surface area contributed by atoms with Gasteiger partial charge in [0.25, 0.3) is 5.69 Å². The molecule has 0 aliphatic carbocycles. The van der Waals surface area contributed by atoms with Gasteiger partial charge in [-0.15, -0.1) is 12.4 Å². The van der Waals surface area contributed by atoms with Gasteiger partial charge < -0.3 is 0 Å². The van der Waals surface area contributed by atoms with Crippen molar-refractivity contribution in [2.45, 2.75) is 24.2 Å². The Kier molecular flexibility index (Phi) is 5.74. The molecule has 0 N–H and O–H groups in total. The van der Waals surface area contributed by atoms with Crippen molar-refractivity contribution < 1.29 is 4.92 Å². The zero-order valence-electron chi connectivity index (χ0n) is 9.37. The van der Waals surface area contributed by atoms with Gasteiger partial charge in [-0.1, -0.05) is 6.42 Å². The average Bonchev–Trinajstić information content (AvgIpc) is 2.31. The fourth-order valence-electron chi connectivity index (χ4n) is 1.73. The number of hydrogen-bond donors (Lipinski definition) is 0. The van der Waals surface area contributed by atoms with E-state index in [1.54, 1.807) is 24.1 Å². The van der Waals surface area contributed by atoms with Crippen molar-refractivity contribution >= 4 is 30.0 Å². The highest BCUT2D eigenvalue weighted by Gasteiger charge is 2.12. The van der Waals surface area contributed by atoms with Crippen LogP contribution in [0.3, 0.4) is 0 Å². The van der Waals surface area contributed by atoms with Crippen LogP contribution in [0.4, 0.5) is 5.69 Å². The zero-order valence-corrected chi connectivity index (χ0v) is 11.0. The van der Waals surface area contributed by atoms with Gasteiger partial charge in [-0.05, 0) is 36.9 Å². The fourth-order valence-corrected chi connectivity index (χ4v) is 2.73. The van der Waals surface area contributed by atoms with E-state index < -0.39 is 0 Å². The number of halogens is 1. The first-order valence-corrected chi connectivity index (χ1v) is 6.20. The molecule has 1 heterocycles. The van der Waals surface area contributed by atoms with Gasteiger partial charge in [-0.25, -0.2) is 4.31 Å². The molecular formula is C11H15ClN2O2S. The summed E-state index contributed by atoms with van der Waals surface area (Å²) < 4.78 is 2.32. The molecule has 0 aromatic heterocycles. The molecule has 6 heteroatoms. The van der Waals surface area contributed by atoms with Gasteiger partial charge in [-0.2, -0.15) is 0 Å². The largest absolute Gasteiger partial charge is 0.269 e. The Balaban J connectivity index is 0.00000144. The molecule has 1 saturated heterocycles. The number of nitro groups is 1. The van der Waals surface area contributed by atoms with E-state index in [0.717, 1.165) is 18.0 Å². The highest BCUT2D eigenvalue weighted by molar-refractivity contribution is 7.97. The normalized spacial score (nSPS) is 16.2. The lowest BCUT2D eigenvalue weighted by molar-refractivity contribution is -0.384. The van der Waals surface area contributed by atoms with Gasteiger partial charge >= 0.3 is 0 Å². The van der Waals surface area contributed by atoms with E-state index in [0.29, 0.717) is 0 Å². The van der Waals surface area contributed by atoms with Crippen molar-refractivity contribution in [1.82, 2.24) is 4.31 Å². The highest BCUT2D eigenvalue weighted by Crippen LogP contribution is 2.27. The van der Waals surface area contributed by atoms with Crippen LogP contribution in [0.15, 0.2) is 29.2 Å². The van der Waals surface area contributed by atoms with Gasteiger partial charge in [0.05, 0.1) is 4.92 Å². The van der Waals surface area contributed by atoms with E-state index in [4.69, 9.17) is 0 Å². The van der Waals surface area contributed by atoms with Crippen LogP contribution in [0, 0.1) is 10.1 Å². The second kappa shape index (κ2) is 6.83. The molecule has 4 nitrogen and oxygen atoms in total. The molecule has 2 rings (SSSR count). The predicted octanol–water partition coefficient (Wildman–Crippen LogP) is 3.51. The Bertz CT molecular complexity index is 366. The Morgan fingerprint density at radius 3 is 2.24 bits per heavy atom. The SMILES string of the molecule is Cl.O=[N+]([O-])c1ccc(SN2CCCCC2)cc1. The van der Waals surface area contributed by atoms with Crippen LogP contribution in [0.5, 0.6) is 0 Å². The van der Waals surface area contributed by atoms with Crippen LogP contribution in [0.25, 0.3) is 0 Å². The van der Waals surface area contributed by atoms with Gasteiger partial charge in [0, 0.05) is 30.1 Å². The molecule has 0 spiro atoms. The predicted molar refractivity (Wildman–Crippen MR) is 71.6 cm³/mol. The summed E-state index contributed by atoms with van der Waals surface area (Å²) >= 11 is 1.70. The average molecular weight is 275 g/mol. The Morgan fingerprint density at radius 1 is 1.12 bits per heavy atom. The molecular weight excluding hydrogens is 260 g/mol. The molecule has 1 aromatic carbocycles. The highest BCUT2D eigenvalue weighted by atomic mass is 35.5. The number of non-ortho nitro benzene ring substituents is 1. The summed E-state index contributed by atoms with van der Waals surface area (Å²) in [5.41, 5.74) is 0.156. The summed E-state index contributed by atoms with van der Waals surface area (Å²) in [5.74, 6) is 0. The van der Waals surface area contributed by atoms with E-state index in [1.807, 2.05) is 12.1 Å². The summed E-state index contributed by atoms with van der Waals surface area (Å²) in [6.45, 7) is 2.23. The third-order valence-electron chi connectivity index (χ3n) is 2.60. The first kappa shape index (κ1) is 14.3. The molecule has 17 heavy (non-hydrogen) atoms. The van der Waals surface area contributed by atoms with Crippen molar-refractivity contribution in [3.05, 3.63) is 34.4 Å². The van der Waals surface area contributed by atoms with Crippen LogP contribution in [-0.2, 0) is 0 Å². The molecule has 0 saturated carbocycles. The van der Waals surface area contributed by atoms with Crippen molar-refractivity contribution in [3.63, 3.8) is 0 Å². The number of benzene rings is 1. The van der Waals surface area contributed by atoms with E-state index in [2.05, 4.69) is 4.31 Å². The maximum absolute atomic E-state index is 10.5. The van der Waals surface area contributed by atoms with Crippen LogP contribution in [0.2, 0.25) is 0 Å². The Morgan fingerprint density at radius 2 is 1.71 bits per heavy atom. The molecule has 0 amide bonds. The van der Waals surface area contributed by atoms with E-state index in [-0.39, 0.29) is 23.0 Å². The minimum atomic E-state index is -0.366. The monoisotopic (exact) mass is 274 g/mol. The number of hydrogen-bond acceptors (Lipinski definition) is 4. The minimum absolute atomic E-state index is 0. The smallest absolute Gasteiger partial charge is 0.258 e.